The molecule has 1 atom stereocenters. The van der Waals surface area contributed by atoms with Gasteiger partial charge in [-0.1, -0.05) is 0 Å². The van der Waals surface area contributed by atoms with Gasteiger partial charge in [0.05, 0.1) is 20.3 Å². The average molecular weight is 447 g/mol. The third-order valence-corrected chi connectivity index (χ3v) is 5.11. The number of ether oxygens (including phenoxy) is 3. The Morgan fingerprint density at radius 3 is 2.87 bits per heavy atom. The summed E-state index contributed by atoms with van der Waals surface area (Å²) in [6, 6.07) is 4.09. The summed E-state index contributed by atoms with van der Waals surface area (Å²) in [4.78, 5) is 8.25. The van der Waals surface area contributed by atoms with Gasteiger partial charge in [-0.3, -0.25) is 0 Å². The van der Waals surface area contributed by atoms with Crippen molar-refractivity contribution < 1.29 is 31.8 Å². The average Bonchev–Trinajstić information content (AvgIpc) is 2.73. The molecule has 0 bridgehead atoms. The lowest BCUT2D eigenvalue weighted by atomic mass is 10.0. The van der Waals surface area contributed by atoms with Crippen molar-refractivity contribution in [2.45, 2.75) is 19.0 Å². The zero-order valence-corrected chi connectivity index (χ0v) is 17.0. The highest BCUT2D eigenvalue weighted by Crippen LogP contribution is 2.32. The van der Waals surface area contributed by atoms with Crippen LogP contribution in [0, 0.1) is 11.7 Å². The lowest BCUT2D eigenvalue weighted by Crippen LogP contribution is -2.23. The van der Waals surface area contributed by atoms with E-state index in [-0.39, 0.29) is 34.6 Å². The largest absolute Gasteiger partial charge is 0.480 e. The standard InChI is InChI=1S/C19H21F4N3O3S/c1-27-18-15(26-30-11-19(21,22)23)7-13(8-24-18)17-14(20)4-5-16(25-17)29-10-12-3-2-6-28-9-12/h4-5,7-8,12,26H,2-3,6,9-11H2,1H3. The predicted molar refractivity (Wildman–Crippen MR) is 105 cm³/mol. The van der Waals surface area contributed by atoms with E-state index in [1.165, 1.54) is 31.5 Å². The van der Waals surface area contributed by atoms with Crippen LogP contribution < -0.4 is 14.2 Å². The number of rotatable bonds is 8. The fraction of sp³-hybridized carbons (Fsp3) is 0.474. The van der Waals surface area contributed by atoms with E-state index in [4.69, 9.17) is 14.2 Å². The van der Waals surface area contributed by atoms with Crippen LogP contribution in [0.5, 0.6) is 11.8 Å². The van der Waals surface area contributed by atoms with Crippen LogP contribution in [0.4, 0.5) is 23.2 Å². The quantitative estimate of drug-likeness (QED) is 0.464. The number of pyridine rings is 2. The number of anilines is 1. The van der Waals surface area contributed by atoms with Gasteiger partial charge in [0.15, 0.2) is 0 Å². The lowest BCUT2D eigenvalue weighted by Gasteiger charge is -2.21. The van der Waals surface area contributed by atoms with Gasteiger partial charge in [-0.15, -0.1) is 0 Å². The van der Waals surface area contributed by atoms with Crippen LogP contribution in [0.3, 0.4) is 0 Å². The van der Waals surface area contributed by atoms with Gasteiger partial charge >= 0.3 is 6.18 Å². The molecule has 3 rings (SSSR count). The highest BCUT2D eigenvalue weighted by molar-refractivity contribution is 8.00. The number of nitrogens with zero attached hydrogens (tertiary/aromatic N) is 2. The highest BCUT2D eigenvalue weighted by Gasteiger charge is 2.27. The number of aromatic nitrogens is 2. The molecule has 0 aromatic carbocycles. The molecule has 11 heteroatoms. The molecule has 30 heavy (non-hydrogen) atoms. The smallest absolute Gasteiger partial charge is 0.399 e. The molecule has 2 aromatic rings. The molecule has 6 nitrogen and oxygen atoms in total. The minimum absolute atomic E-state index is 0.0218. The fourth-order valence-corrected chi connectivity index (χ4v) is 3.40. The fourth-order valence-electron chi connectivity index (χ4n) is 2.86. The number of nitrogens with one attached hydrogen (secondary N) is 1. The van der Waals surface area contributed by atoms with Crippen molar-refractivity contribution in [3.05, 3.63) is 30.2 Å². The maximum Gasteiger partial charge on any atom is 0.399 e. The molecular formula is C19H21F4N3O3S. The van der Waals surface area contributed by atoms with E-state index in [0.717, 1.165) is 19.4 Å². The van der Waals surface area contributed by atoms with E-state index in [2.05, 4.69) is 14.7 Å². The number of methoxy groups -OCH3 is 1. The van der Waals surface area contributed by atoms with E-state index in [1.54, 1.807) is 0 Å². The second-order valence-electron chi connectivity index (χ2n) is 6.66. The second kappa shape index (κ2) is 10.2. The lowest BCUT2D eigenvalue weighted by molar-refractivity contribution is -0.105. The topological polar surface area (TPSA) is 65.5 Å². The first-order chi connectivity index (χ1) is 14.4. The van der Waals surface area contributed by atoms with Gasteiger partial charge in [-0.2, -0.15) is 13.2 Å². The Kier molecular flexibility index (Phi) is 7.59. The number of hydrogen-bond acceptors (Lipinski definition) is 7. The molecule has 0 amide bonds. The van der Waals surface area contributed by atoms with Crippen molar-refractivity contribution in [2.24, 2.45) is 5.92 Å². The van der Waals surface area contributed by atoms with E-state index >= 15 is 0 Å². The summed E-state index contributed by atoms with van der Waals surface area (Å²) in [5.41, 5.74) is 0.428. The molecule has 0 aliphatic carbocycles. The Labute approximate surface area is 175 Å². The molecule has 1 saturated heterocycles. The number of alkyl halides is 3. The number of halogens is 4. The summed E-state index contributed by atoms with van der Waals surface area (Å²) in [5.74, 6) is -1.14. The molecule has 1 unspecified atom stereocenters. The van der Waals surface area contributed by atoms with Gasteiger partial charge in [0, 0.05) is 30.4 Å². The summed E-state index contributed by atoms with van der Waals surface area (Å²) in [7, 11) is 1.34. The summed E-state index contributed by atoms with van der Waals surface area (Å²) in [6.45, 7) is 1.76. The van der Waals surface area contributed by atoms with Crippen LogP contribution in [0.2, 0.25) is 0 Å². The normalized spacial score (nSPS) is 16.9. The Morgan fingerprint density at radius 1 is 1.33 bits per heavy atom. The van der Waals surface area contributed by atoms with E-state index in [0.29, 0.717) is 25.2 Å². The van der Waals surface area contributed by atoms with Gasteiger partial charge in [-0.05, 0) is 36.9 Å². The van der Waals surface area contributed by atoms with Crippen molar-refractivity contribution in [3.63, 3.8) is 0 Å². The molecule has 1 aliphatic heterocycles. The third-order valence-electron chi connectivity index (χ3n) is 4.28. The molecule has 1 N–H and O–H groups in total. The number of hydrogen-bond donors (Lipinski definition) is 1. The minimum atomic E-state index is -4.33. The first-order valence-electron chi connectivity index (χ1n) is 9.22. The first-order valence-corrected chi connectivity index (χ1v) is 10.2. The Balaban J connectivity index is 1.75. The zero-order chi connectivity index (χ0) is 21.6. The predicted octanol–water partition coefficient (Wildman–Crippen LogP) is 4.72. The van der Waals surface area contributed by atoms with Crippen molar-refractivity contribution in [2.75, 3.05) is 37.4 Å². The van der Waals surface area contributed by atoms with Crippen LogP contribution in [-0.2, 0) is 4.74 Å². The Hall–Kier alpha value is -2.27. The van der Waals surface area contributed by atoms with E-state index < -0.39 is 17.7 Å². The molecule has 0 radical (unpaired) electrons. The van der Waals surface area contributed by atoms with Crippen LogP contribution in [0.25, 0.3) is 11.3 Å². The van der Waals surface area contributed by atoms with E-state index in [9.17, 15) is 17.6 Å². The zero-order valence-electron chi connectivity index (χ0n) is 16.2. The molecule has 164 valence electrons. The van der Waals surface area contributed by atoms with Gasteiger partial charge in [0.1, 0.15) is 23.0 Å². The molecule has 2 aromatic heterocycles. The van der Waals surface area contributed by atoms with Crippen LogP contribution in [0.15, 0.2) is 24.4 Å². The highest BCUT2D eigenvalue weighted by atomic mass is 32.2. The third kappa shape index (κ3) is 6.36. The summed E-state index contributed by atoms with van der Waals surface area (Å²) in [6.07, 6.45) is -1.04. The molecule has 1 aliphatic rings. The van der Waals surface area contributed by atoms with Crippen molar-refractivity contribution in [3.8, 4) is 23.0 Å². The van der Waals surface area contributed by atoms with Crippen molar-refractivity contribution in [1.82, 2.24) is 9.97 Å². The summed E-state index contributed by atoms with van der Waals surface area (Å²) < 4.78 is 70.3. The van der Waals surface area contributed by atoms with E-state index in [1.807, 2.05) is 0 Å². The van der Waals surface area contributed by atoms with Crippen molar-refractivity contribution >= 4 is 17.6 Å². The SMILES string of the molecule is COc1ncc(-c2nc(OCC3CCCOC3)ccc2F)cc1NSCC(F)(F)F. The van der Waals surface area contributed by atoms with Crippen molar-refractivity contribution in [1.29, 1.82) is 0 Å². The molecule has 0 saturated carbocycles. The van der Waals surface area contributed by atoms with Crippen LogP contribution in [0.1, 0.15) is 12.8 Å². The summed E-state index contributed by atoms with van der Waals surface area (Å²) in [5, 5.41) is 0. The molecular weight excluding hydrogens is 426 g/mol. The van der Waals surface area contributed by atoms with Gasteiger partial charge in [-0.25, -0.2) is 14.4 Å². The Morgan fingerprint density at radius 2 is 2.17 bits per heavy atom. The summed E-state index contributed by atoms with van der Waals surface area (Å²) >= 11 is 0.432. The van der Waals surface area contributed by atoms with Crippen LogP contribution >= 0.6 is 11.9 Å². The Bertz CT molecular complexity index is 848. The first kappa shape index (κ1) is 22.4. The van der Waals surface area contributed by atoms with Gasteiger partial charge in [0.25, 0.3) is 0 Å². The second-order valence-corrected chi connectivity index (χ2v) is 7.44. The van der Waals surface area contributed by atoms with Crippen LogP contribution in [-0.4, -0.2) is 48.8 Å². The van der Waals surface area contributed by atoms with Gasteiger partial charge < -0.3 is 18.9 Å². The molecule has 3 heterocycles. The monoisotopic (exact) mass is 447 g/mol. The molecule has 0 spiro atoms. The molecule has 1 fully saturated rings. The maximum atomic E-state index is 14.4. The minimum Gasteiger partial charge on any atom is -0.480 e. The van der Waals surface area contributed by atoms with Gasteiger partial charge in [0.2, 0.25) is 11.8 Å². The maximum absolute atomic E-state index is 14.4.